The number of nitrogens with zero attached hydrogens (tertiary/aromatic N) is 1. The summed E-state index contributed by atoms with van der Waals surface area (Å²) in [5, 5.41) is 7.00. The van der Waals surface area contributed by atoms with Gasteiger partial charge < -0.3 is 10.6 Å². The van der Waals surface area contributed by atoms with Gasteiger partial charge in [-0.05, 0) is 31.6 Å². The number of carbonyl (C=O) groups excluding carboxylic acids is 1. The monoisotopic (exact) mass is 213 g/mol. The summed E-state index contributed by atoms with van der Waals surface area (Å²) in [6.45, 7) is 2.48. The molecule has 0 aromatic carbocycles. The Morgan fingerprint density at radius 3 is 3.00 bits per heavy atom. The Morgan fingerprint density at radius 1 is 1.50 bits per heavy atom. The van der Waals surface area contributed by atoms with Crippen molar-refractivity contribution < 1.29 is 4.79 Å². The molecule has 2 heterocycles. The Bertz CT molecular complexity index is 234. The summed E-state index contributed by atoms with van der Waals surface area (Å²) >= 11 is 5.11. The molecule has 0 bridgehead atoms. The maximum Gasteiger partial charge on any atom is 0.230 e. The van der Waals surface area contributed by atoms with Crippen LogP contribution in [-0.2, 0) is 4.79 Å². The largest absolute Gasteiger partial charge is 0.362 e. The van der Waals surface area contributed by atoms with Crippen LogP contribution >= 0.6 is 12.2 Å². The second-order valence-electron chi connectivity index (χ2n) is 3.78. The van der Waals surface area contributed by atoms with Crippen LogP contribution in [-0.4, -0.2) is 41.6 Å². The highest BCUT2D eigenvalue weighted by Crippen LogP contribution is 2.09. The van der Waals surface area contributed by atoms with Crippen molar-refractivity contribution in [2.24, 2.45) is 0 Å². The molecule has 5 heteroatoms. The van der Waals surface area contributed by atoms with Crippen molar-refractivity contribution in [1.29, 1.82) is 0 Å². The van der Waals surface area contributed by atoms with Gasteiger partial charge in [-0.3, -0.25) is 9.69 Å². The Hall–Kier alpha value is -0.680. The molecular formula is C9H15N3OS. The van der Waals surface area contributed by atoms with E-state index in [0.717, 1.165) is 19.5 Å². The second-order valence-corrected chi connectivity index (χ2v) is 4.17. The molecule has 2 N–H and O–H groups in total. The quantitative estimate of drug-likeness (QED) is 0.626. The van der Waals surface area contributed by atoms with Gasteiger partial charge in [0.1, 0.15) is 0 Å². The molecule has 0 radical (unpaired) electrons. The summed E-state index contributed by atoms with van der Waals surface area (Å²) in [6.07, 6.45) is 2.91. The topological polar surface area (TPSA) is 44.4 Å². The molecule has 1 atom stereocenters. The average molecular weight is 213 g/mol. The van der Waals surface area contributed by atoms with E-state index in [0.29, 0.717) is 24.1 Å². The van der Waals surface area contributed by atoms with Gasteiger partial charge in [-0.15, -0.1) is 0 Å². The van der Waals surface area contributed by atoms with Gasteiger partial charge in [0.05, 0.1) is 0 Å². The lowest BCUT2D eigenvalue weighted by Gasteiger charge is -2.30. The van der Waals surface area contributed by atoms with E-state index in [2.05, 4.69) is 10.6 Å². The molecule has 78 valence electrons. The van der Waals surface area contributed by atoms with Crippen molar-refractivity contribution in [3.05, 3.63) is 0 Å². The summed E-state index contributed by atoms with van der Waals surface area (Å²) in [4.78, 5) is 13.3. The van der Waals surface area contributed by atoms with Crippen LogP contribution in [0.15, 0.2) is 0 Å². The summed E-state index contributed by atoms with van der Waals surface area (Å²) in [7, 11) is 0. The number of amides is 1. The lowest BCUT2D eigenvalue weighted by Crippen LogP contribution is -2.53. The molecule has 0 saturated carbocycles. The SMILES string of the molecule is O=C1CCNC(=S)N1C[C@@H]1CCCN1. The van der Waals surface area contributed by atoms with Gasteiger partial charge in [0, 0.05) is 25.6 Å². The fourth-order valence-electron chi connectivity index (χ4n) is 1.94. The Morgan fingerprint density at radius 2 is 2.36 bits per heavy atom. The third-order valence-corrected chi connectivity index (χ3v) is 3.09. The van der Waals surface area contributed by atoms with Crippen LogP contribution in [0, 0.1) is 0 Å². The first-order chi connectivity index (χ1) is 6.77. The van der Waals surface area contributed by atoms with E-state index < -0.39 is 0 Å². The molecular weight excluding hydrogens is 198 g/mol. The molecule has 0 aromatic heterocycles. The fraction of sp³-hybridized carbons (Fsp3) is 0.778. The molecule has 1 amide bonds. The van der Waals surface area contributed by atoms with Crippen LogP contribution in [0.3, 0.4) is 0 Å². The molecule has 2 fully saturated rings. The van der Waals surface area contributed by atoms with Crippen LogP contribution in [0.25, 0.3) is 0 Å². The molecule has 14 heavy (non-hydrogen) atoms. The maximum absolute atomic E-state index is 11.6. The van der Waals surface area contributed by atoms with E-state index in [1.54, 1.807) is 4.90 Å². The molecule has 2 saturated heterocycles. The van der Waals surface area contributed by atoms with Crippen LogP contribution < -0.4 is 10.6 Å². The minimum atomic E-state index is 0.155. The summed E-state index contributed by atoms with van der Waals surface area (Å²) < 4.78 is 0. The molecule has 2 aliphatic heterocycles. The molecule has 0 spiro atoms. The zero-order chi connectivity index (χ0) is 9.97. The minimum absolute atomic E-state index is 0.155. The number of hydrogen-bond donors (Lipinski definition) is 2. The number of thiocarbonyl (C=S) groups is 1. The predicted octanol–water partition coefficient (Wildman–Crippen LogP) is -0.155. The molecule has 2 rings (SSSR count). The maximum atomic E-state index is 11.6. The molecule has 4 nitrogen and oxygen atoms in total. The molecule has 0 aliphatic carbocycles. The van der Waals surface area contributed by atoms with E-state index in [9.17, 15) is 4.79 Å². The highest BCUT2D eigenvalue weighted by Gasteiger charge is 2.26. The second kappa shape index (κ2) is 4.23. The van der Waals surface area contributed by atoms with Crippen molar-refractivity contribution >= 4 is 23.2 Å². The molecule has 2 aliphatic rings. The van der Waals surface area contributed by atoms with E-state index in [1.807, 2.05) is 0 Å². The van der Waals surface area contributed by atoms with E-state index in [1.165, 1.54) is 6.42 Å². The lowest BCUT2D eigenvalue weighted by atomic mass is 10.2. The third kappa shape index (κ3) is 2.04. The Kier molecular flexibility index (Phi) is 2.98. The fourth-order valence-corrected chi connectivity index (χ4v) is 2.22. The first-order valence-corrected chi connectivity index (χ1v) is 5.50. The van der Waals surface area contributed by atoms with Crippen molar-refractivity contribution in [1.82, 2.24) is 15.5 Å². The van der Waals surface area contributed by atoms with Crippen LogP contribution in [0.5, 0.6) is 0 Å². The lowest BCUT2D eigenvalue weighted by molar-refractivity contribution is -0.128. The number of hydrogen-bond acceptors (Lipinski definition) is 3. The Balaban J connectivity index is 1.93. The van der Waals surface area contributed by atoms with Gasteiger partial charge >= 0.3 is 0 Å². The zero-order valence-electron chi connectivity index (χ0n) is 8.08. The van der Waals surface area contributed by atoms with E-state index in [-0.39, 0.29) is 5.91 Å². The van der Waals surface area contributed by atoms with Gasteiger partial charge in [-0.2, -0.15) is 0 Å². The van der Waals surface area contributed by atoms with Gasteiger partial charge in [-0.25, -0.2) is 0 Å². The Labute approximate surface area is 89.0 Å². The van der Waals surface area contributed by atoms with Crippen LogP contribution in [0.1, 0.15) is 19.3 Å². The van der Waals surface area contributed by atoms with Gasteiger partial charge in [0.15, 0.2) is 5.11 Å². The van der Waals surface area contributed by atoms with Crippen molar-refractivity contribution in [2.75, 3.05) is 19.6 Å². The van der Waals surface area contributed by atoms with Crippen LogP contribution in [0.4, 0.5) is 0 Å². The number of carbonyl (C=O) groups is 1. The van der Waals surface area contributed by atoms with E-state index in [4.69, 9.17) is 12.2 Å². The predicted molar refractivity (Wildman–Crippen MR) is 58.0 cm³/mol. The van der Waals surface area contributed by atoms with Crippen molar-refractivity contribution in [3.63, 3.8) is 0 Å². The van der Waals surface area contributed by atoms with Crippen LogP contribution in [0.2, 0.25) is 0 Å². The first-order valence-electron chi connectivity index (χ1n) is 5.09. The number of nitrogens with one attached hydrogen (secondary N) is 2. The van der Waals surface area contributed by atoms with Crippen molar-refractivity contribution in [2.45, 2.75) is 25.3 Å². The summed E-state index contributed by atoms with van der Waals surface area (Å²) in [6, 6.07) is 0.428. The van der Waals surface area contributed by atoms with Crippen molar-refractivity contribution in [3.8, 4) is 0 Å². The molecule has 0 aromatic rings. The summed E-state index contributed by atoms with van der Waals surface area (Å²) in [5.41, 5.74) is 0. The van der Waals surface area contributed by atoms with Gasteiger partial charge in [-0.1, -0.05) is 0 Å². The first kappa shape index (κ1) is 9.86. The van der Waals surface area contributed by atoms with Gasteiger partial charge in [0.2, 0.25) is 5.91 Å². The van der Waals surface area contributed by atoms with E-state index >= 15 is 0 Å². The van der Waals surface area contributed by atoms with Gasteiger partial charge in [0.25, 0.3) is 0 Å². The zero-order valence-corrected chi connectivity index (χ0v) is 8.90. The summed E-state index contributed by atoms with van der Waals surface area (Å²) in [5.74, 6) is 0.155. The number of rotatable bonds is 2. The molecule has 0 unspecified atom stereocenters. The highest BCUT2D eigenvalue weighted by atomic mass is 32.1. The highest BCUT2D eigenvalue weighted by molar-refractivity contribution is 7.80. The minimum Gasteiger partial charge on any atom is -0.362 e. The average Bonchev–Trinajstić information content (AvgIpc) is 2.64. The third-order valence-electron chi connectivity index (χ3n) is 2.73. The standard InChI is InChI=1S/C9H15N3OS/c13-8-3-5-11-9(14)12(8)6-7-2-1-4-10-7/h7,10H,1-6H2,(H,11,14)/t7-/m0/s1. The smallest absolute Gasteiger partial charge is 0.230 e. The normalized spacial score (nSPS) is 28.0.